The minimum absolute atomic E-state index is 0.0380. The molecule has 0 saturated carbocycles. The Morgan fingerprint density at radius 3 is 1.51 bits per heavy atom. The average molecular weight is 1880 g/mol. The number of aromatic amines is 1. The number of rotatable bonds is 21. The zero-order chi connectivity index (χ0) is 97.6. The fourth-order valence-corrected chi connectivity index (χ4v) is 18.7. The number of nitrogens with one attached hydrogen (secondary N) is 9. The Balaban J connectivity index is 0.981. The van der Waals surface area contributed by atoms with E-state index in [-0.39, 0.29) is 107 Å². The number of carbonyl (C=O) groups is 15. The molecule has 135 heavy (non-hydrogen) atoms. The molecule has 11 rings (SSSR count). The summed E-state index contributed by atoms with van der Waals surface area (Å²) >= 11 is 0.705. The number of hydrogen-bond donors (Lipinski definition) is 12. The van der Waals surface area contributed by atoms with Crippen LogP contribution in [-0.2, 0) is 110 Å². The van der Waals surface area contributed by atoms with Gasteiger partial charge in [0.15, 0.2) is 17.5 Å². The van der Waals surface area contributed by atoms with Gasteiger partial charge in [0.1, 0.15) is 90.0 Å². The van der Waals surface area contributed by atoms with Crippen LogP contribution < -0.4 is 48.3 Å². The van der Waals surface area contributed by atoms with Gasteiger partial charge in [0.25, 0.3) is 0 Å². The molecule has 4 fully saturated rings. The third-order valence-electron chi connectivity index (χ3n) is 25.2. The van der Waals surface area contributed by atoms with Crippen LogP contribution in [0.1, 0.15) is 132 Å². The highest BCUT2D eigenvalue weighted by atomic mass is 32.2. The molecule has 4 aliphatic heterocycles. The molecular formula is C98H121F3N16O17S. The van der Waals surface area contributed by atoms with Gasteiger partial charge in [0.2, 0.25) is 88.6 Å². The van der Waals surface area contributed by atoms with Gasteiger partial charge in [-0.25, -0.2) is 13.2 Å². The van der Waals surface area contributed by atoms with Crippen LogP contribution in [0.25, 0.3) is 10.9 Å². The van der Waals surface area contributed by atoms with E-state index in [1.165, 1.54) is 82.0 Å². The fourth-order valence-electron chi connectivity index (χ4n) is 17.8. The first-order valence-electron chi connectivity index (χ1n) is 45.8. The zero-order valence-corrected chi connectivity index (χ0v) is 77.8. The van der Waals surface area contributed by atoms with Gasteiger partial charge < -0.3 is 92.9 Å². The molecule has 37 heteroatoms. The van der Waals surface area contributed by atoms with E-state index in [1.54, 1.807) is 131 Å². The number of phenols is 2. The first-order valence-corrected chi connectivity index (χ1v) is 46.9. The monoisotopic (exact) mass is 1880 g/mol. The van der Waals surface area contributed by atoms with E-state index >= 15 is 66.3 Å². The van der Waals surface area contributed by atoms with E-state index in [0.717, 1.165) is 4.90 Å². The zero-order valence-electron chi connectivity index (χ0n) is 77.0. The van der Waals surface area contributed by atoms with E-state index in [1.807, 2.05) is 6.92 Å². The summed E-state index contributed by atoms with van der Waals surface area (Å²) in [6.07, 6.45) is 1.79. The summed E-state index contributed by atoms with van der Waals surface area (Å²) in [4.78, 5) is 238. The summed E-state index contributed by atoms with van der Waals surface area (Å²) in [7, 11) is 4.01. The molecule has 0 aliphatic carbocycles. The molecule has 5 heterocycles. The van der Waals surface area contributed by atoms with Crippen molar-refractivity contribution < 1.29 is 95.3 Å². The minimum atomic E-state index is -1.84. The van der Waals surface area contributed by atoms with Gasteiger partial charge in [-0.1, -0.05) is 151 Å². The molecule has 0 radical (unpaired) electrons. The van der Waals surface area contributed by atoms with Gasteiger partial charge in [-0.3, -0.25) is 71.9 Å². The highest BCUT2D eigenvalue weighted by Crippen LogP contribution is 2.31. The molecule has 6 aromatic carbocycles. The van der Waals surface area contributed by atoms with Crippen molar-refractivity contribution in [1.82, 2.24) is 76.9 Å². The number of thioether (sulfide) groups is 1. The summed E-state index contributed by atoms with van der Waals surface area (Å²) in [6, 6.07) is 18.0. The van der Waals surface area contributed by atoms with Crippen molar-refractivity contribution >= 4 is 111 Å². The molecule has 13 atom stereocenters. The number of unbranched alkanes of at least 4 members (excludes halogenated alkanes) is 1. The quantitative estimate of drug-likeness (QED) is 0.0428. The summed E-state index contributed by atoms with van der Waals surface area (Å²) in [5.74, 6) is -20.4. The molecule has 13 N–H and O–H groups in total. The third-order valence-corrected chi connectivity index (χ3v) is 26.2. The largest absolute Gasteiger partial charge is 0.508 e. The van der Waals surface area contributed by atoms with Crippen LogP contribution in [0.3, 0.4) is 0 Å². The predicted molar refractivity (Wildman–Crippen MR) is 497 cm³/mol. The molecule has 7 aromatic rings. The van der Waals surface area contributed by atoms with Gasteiger partial charge in [-0.2, -0.15) is 0 Å². The Kier molecular flexibility index (Phi) is 36.0. The molecule has 4 aliphatic rings. The molecule has 0 spiro atoms. The number of benzene rings is 6. The maximum absolute atomic E-state index is 15.8. The number of likely N-dealkylation sites (N-methyl/N-ethyl adjacent to an activating group) is 3. The van der Waals surface area contributed by atoms with Crippen molar-refractivity contribution in [2.24, 2.45) is 17.6 Å². The number of amides is 15. The van der Waals surface area contributed by atoms with Crippen LogP contribution in [0.15, 0.2) is 152 Å². The Morgan fingerprint density at radius 1 is 0.474 bits per heavy atom. The summed E-state index contributed by atoms with van der Waals surface area (Å²) in [5, 5.41) is 43.4. The van der Waals surface area contributed by atoms with Crippen molar-refractivity contribution in [1.29, 1.82) is 0 Å². The lowest BCUT2D eigenvalue weighted by Crippen LogP contribution is -2.62. The van der Waals surface area contributed by atoms with Crippen molar-refractivity contribution in [2.75, 3.05) is 58.8 Å². The summed E-state index contributed by atoms with van der Waals surface area (Å²) in [6.45, 7) is 8.02. The predicted octanol–water partition coefficient (Wildman–Crippen LogP) is 4.84. The number of para-hydroxylation sites is 1. The Hall–Kier alpha value is -13.4. The van der Waals surface area contributed by atoms with E-state index in [4.69, 9.17) is 5.73 Å². The molecule has 722 valence electrons. The van der Waals surface area contributed by atoms with E-state index < -0.39 is 221 Å². The van der Waals surface area contributed by atoms with Crippen molar-refractivity contribution in [3.8, 4) is 11.5 Å². The second-order valence-corrected chi connectivity index (χ2v) is 36.9. The number of fused-ring (bicyclic) bond motifs is 4. The lowest BCUT2D eigenvalue weighted by atomic mass is 9.98. The van der Waals surface area contributed by atoms with Crippen molar-refractivity contribution in [3.63, 3.8) is 0 Å². The first kappa shape index (κ1) is 102. The van der Waals surface area contributed by atoms with Crippen LogP contribution >= 0.6 is 11.8 Å². The number of nitrogens with two attached hydrogens (primary N) is 1. The van der Waals surface area contributed by atoms with Crippen molar-refractivity contribution in [2.45, 2.75) is 216 Å². The van der Waals surface area contributed by atoms with Crippen LogP contribution in [0, 0.1) is 29.3 Å². The first-order chi connectivity index (χ1) is 64.5. The molecular weight excluding hydrogens is 1760 g/mol. The standard InChI is InChI=1S/C98H121F3N16O17S/c1-9-10-28-78-96(132)117-42-21-31-79(117)97(133)116-41-20-30-77(116)91(127)111-85(57(4)5)98(134)113(7)80(49-58-22-13-11-14-23-58)92(128)109-74(47-61-34-38-65(119)39-35-61)94(130)115-40-19-29-76(115)90(126)108-72(51-63-52-103-69-27-18-17-26-66(63)69)89(125)107-71(46-60-32-36-64(118)37-33-60)88(124)106-70(43-56(2)3)87(123)110-75(86(122)104-53-82(102)120)54-135-55-83(121)105-73(48-62-44-67(99)84(101)68(100)45-62)93(129)114(8)81(95(131)112(78)6)50-59-24-15-12-16-25-59/h11-18,22-27,32-39,44-45,52,56-57,70-81,85,103,118-119H,9-10,19-21,28-31,40-43,46-51,53-55H2,1-8H3,(H2,102,120)(H,104,122)(H,105,121)(H,106,124)(H,107,125)(H,108,126)(H,109,128)(H,110,123)(H,111,127)/t70-,71-,72-,73-,74-,75-,76+,77-,78-,79+,80-,81-,85-/m0/s1. The number of phenolic OH excluding ortho intramolecular Hbond substituents is 2. The summed E-state index contributed by atoms with van der Waals surface area (Å²) < 4.78 is 45.2. The van der Waals surface area contributed by atoms with E-state index in [9.17, 15) is 29.0 Å². The molecule has 0 unspecified atom stereocenters. The molecule has 1 aromatic heterocycles. The van der Waals surface area contributed by atoms with Crippen molar-refractivity contribution in [3.05, 3.63) is 203 Å². The molecule has 15 amide bonds. The topological polar surface area (TPSA) is 454 Å². The van der Waals surface area contributed by atoms with Crippen LogP contribution in [-0.4, -0.2) is 271 Å². The van der Waals surface area contributed by atoms with Gasteiger partial charge >= 0.3 is 0 Å². The van der Waals surface area contributed by atoms with Gasteiger partial charge in [-0.05, 0) is 139 Å². The van der Waals surface area contributed by atoms with Gasteiger partial charge in [0, 0.05) is 102 Å². The molecule has 0 bridgehead atoms. The van der Waals surface area contributed by atoms with E-state index in [2.05, 4.69) is 47.5 Å². The highest BCUT2D eigenvalue weighted by Gasteiger charge is 2.48. The number of hydrogen-bond acceptors (Lipinski definition) is 18. The normalized spacial score (nSPS) is 23.9. The van der Waals surface area contributed by atoms with Crippen LogP contribution in [0.5, 0.6) is 11.5 Å². The Bertz CT molecular complexity index is 5400. The van der Waals surface area contributed by atoms with Crippen LogP contribution in [0.2, 0.25) is 0 Å². The fraction of sp³-hybridized carbons (Fsp3) is 0.459. The number of carbonyl (C=O) groups excluding carboxylic acids is 15. The number of aromatic nitrogens is 1. The lowest BCUT2D eigenvalue weighted by molar-refractivity contribution is -0.154. The molecule has 33 nitrogen and oxygen atoms in total. The SMILES string of the molecule is CCCC[C@H]1C(=O)N2CCC[C@@H]2C(=O)N2CCC[C@H]2C(=O)N[C@@H](C(C)C)C(=O)N(C)[C@@H](Cc2ccccc2)C(=O)N[C@@H](Cc2ccc(O)cc2)C(=O)N2CCC[C@@H]2C(=O)N[C@@H](Cc2c[nH]c3ccccc23)C(=O)N[C@@H](Cc2ccc(O)cc2)C(=O)N[C@@H](CC(C)C)C(=O)N[C@H](C(=O)NCC(N)=O)CSCC(=O)N[C@@H](Cc2cc(F)c(F)c(F)c2)C(=O)N(C)[C@@H](Cc2ccccc2)C(=O)N1C. The van der Waals surface area contributed by atoms with E-state index in [0.29, 0.717) is 88.3 Å². The number of halogens is 3. The maximum Gasteiger partial charge on any atom is 0.246 e. The number of aromatic hydroxyl groups is 2. The minimum Gasteiger partial charge on any atom is -0.508 e. The maximum atomic E-state index is 15.8. The number of primary amides is 1. The lowest BCUT2D eigenvalue weighted by Gasteiger charge is -2.38. The Morgan fingerprint density at radius 2 is 0.941 bits per heavy atom. The van der Waals surface area contributed by atoms with Crippen LogP contribution in [0.4, 0.5) is 13.2 Å². The summed E-state index contributed by atoms with van der Waals surface area (Å²) in [5.41, 5.74) is 8.26. The second kappa shape index (κ2) is 47.5. The van der Waals surface area contributed by atoms with Gasteiger partial charge in [-0.15, -0.1) is 11.8 Å². The third kappa shape index (κ3) is 26.8. The average Bonchev–Trinajstić information content (AvgIpc) is 1.73. The van der Waals surface area contributed by atoms with Gasteiger partial charge in [0.05, 0.1) is 12.3 Å². The number of H-pyrrole nitrogens is 1. The number of nitrogens with zero attached hydrogens (tertiary/aromatic N) is 6. The highest BCUT2D eigenvalue weighted by molar-refractivity contribution is 8.00. The molecule has 4 saturated heterocycles. The Labute approximate surface area is 785 Å². The second-order valence-electron chi connectivity index (χ2n) is 35.9. The smallest absolute Gasteiger partial charge is 0.246 e.